The molecule has 0 aromatic heterocycles. The smallest absolute Gasteiger partial charge is 0.118 e. The molecule has 1 aromatic rings. The van der Waals surface area contributed by atoms with Gasteiger partial charge in [-0.15, -0.1) is 0 Å². The number of hydrogen-bond donors (Lipinski definition) is 1. The number of ether oxygens (including phenoxy) is 1. The van der Waals surface area contributed by atoms with Gasteiger partial charge in [0.1, 0.15) is 5.75 Å². The van der Waals surface area contributed by atoms with E-state index in [4.69, 9.17) is 4.74 Å². The van der Waals surface area contributed by atoms with E-state index in [1.165, 1.54) is 31.2 Å². The molecular formula is C15H23NOS. The number of methoxy groups -OCH3 is 1. The summed E-state index contributed by atoms with van der Waals surface area (Å²) >= 11 is 2.04. The Bertz CT molecular complexity index is 357. The lowest BCUT2D eigenvalue weighted by atomic mass is 10.1. The highest BCUT2D eigenvalue weighted by Gasteiger charge is 2.32. The number of thioether (sulfide) groups is 1. The Morgan fingerprint density at radius 1 is 1.22 bits per heavy atom. The molecule has 2 nitrogen and oxygen atoms in total. The fourth-order valence-electron chi connectivity index (χ4n) is 2.65. The van der Waals surface area contributed by atoms with Gasteiger partial charge in [-0.1, -0.05) is 25.0 Å². The van der Waals surface area contributed by atoms with Crippen LogP contribution in [0.5, 0.6) is 5.75 Å². The molecule has 1 fully saturated rings. The van der Waals surface area contributed by atoms with Crippen molar-refractivity contribution in [2.75, 3.05) is 19.9 Å². The van der Waals surface area contributed by atoms with Crippen molar-refractivity contribution in [3.05, 3.63) is 29.8 Å². The molecule has 0 spiro atoms. The Hall–Kier alpha value is -0.670. The molecule has 1 aromatic carbocycles. The van der Waals surface area contributed by atoms with Gasteiger partial charge < -0.3 is 10.1 Å². The lowest BCUT2D eigenvalue weighted by Crippen LogP contribution is -2.34. The summed E-state index contributed by atoms with van der Waals surface area (Å²) in [4.78, 5) is 0. The predicted molar refractivity (Wildman–Crippen MR) is 79.4 cm³/mol. The van der Waals surface area contributed by atoms with Gasteiger partial charge in [-0.05, 0) is 36.8 Å². The van der Waals surface area contributed by atoms with E-state index in [1.807, 2.05) is 23.9 Å². The Kier molecular flexibility index (Phi) is 4.95. The molecule has 0 bridgehead atoms. The summed E-state index contributed by atoms with van der Waals surface area (Å²) in [5.41, 5.74) is 1.32. The number of nitrogens with one attached hydrogen (secondary N) is 1. The average molecular weight is 265 g/mol. The Labute approximate surface area is 114 Å². The van der Waals surface area contributed by atoms with Gasteiger partial charge in [0.25, 0.3) is 0 Å². The van der Waals surface area contributed by atoms with Crippen molar-refractivity contribution in [2.24, 2.45) is 0 Å². The van der Waals surface area contributed by atoms with E-state index in [-0.39, 0.29) is 0 Å². The van der Waals surface area contributed by atoms with Crippen LogP contribution in [0.2, 0.25) is 0 Å². The highest BCUT2D eigenvalue weighted by molar-refractivity contribution is 8.00. The molecule has 3 heteroatoms. The molecule has 100 valence electrons. The predicted octanol–water partition coefficient (Wildman–Crippen LogP) is 3.46. The zero-order chi connectivity index (χ0) is 12.8. The van der Waals surface area contributed by atoms with Crippen LogP contribution in [0.25, 0.3) is 0 Å². The van der Waals surface area contributed by atoms with Crippen LogP contribution in [-0.2, 0) is 6.54 Å². The molecule has 0 amide bonds. The van der Waals surface area contributed by atoms with Gasteiger partial charge >= 0.3 is 0 Å². The molecule has 18 heavy (non-hydrogen) atoms. The van der Waals surface area contributed by atoms with Crippen LogP contribution in [0.4, 0.5) is 0 Å². The molecule has 0 aliphatic heterocycles. The first-order valence-electron chi connectivity index (χ1n) is 6.67. The molecule has 0 saturated heterocycles. The summed E-state index contributed by atoms with van der Waals surface area (Å²) in [6.45, 7) is 2.08. The van der Waals surface area contributed by atoms with Crippen molar-refractivity contribution in [2.45, 2.75) is 37.0 Å². The van der Waals surface area contributed by atoms with Crippen molar-refractivity contribution in [1.82, 2.24) is 5.32 Å². The van der Waals surface area contributed by atoms with Crippen LogP contribution in [-0.4, -0.2) is 24.7 Å². The summed E-state index contributed by atoms with van der Waals surface area (Å²) in [7, 11) is 1.70. The first-order valence-corrected chi connectivity index (χ1v) is 7.89. The van der Waals surface area contributed by atoms with E-state index < -0.39 is 0 Å². The molecule has 0 unspecified atom stereocenters. The molecule has 1 saturated carbocycles. The fourth-order valence-corrected chi connectivity index (χ4v) is 3.59. The van der Waals surface area contributed by atoms with Crippen LogP contribution in [0.15, 0.2) is 24.3 Å². The monoisotopic (exact) mass is 265 g/mol. The lowest BCUT2D eigenvalue weighted by molar-refractivity contribution is 0.414. The molecule has 1 aliphatic carbocycles. The second-order valence-corrected chi connectivity index (χ2v) is 6.32. The number of rotatable bonds is 6. The summed E-state index contributed by atoms with van der Waals surface area (Å²) in [6, 6.07) is 8.31. The van der Waals surface area contributed by atoms with Crippen molar-refractivity contribution in [3.8, 4) is 5.75 Å². The number of benzene rings is 1. The molecule has 0 atom stereocenters. The molecule has 0 radical (unpaired) electrons. The van der Waals surface area contributed by atoms with E-state index >= 15 is 0 Å². The Morgan fingerprint density at radius 3 is 2.44 bits per heavy atom. The van der Waals surface area contributed by atoms with Crippen LogP contribution < -0.4 is 10.1 Å². The minimum absolute atomic E-state index is 0.493. The summed E-state index contributed by atoms with van der Waals surface area (Å²) < 4.78 is 5.66. The van der Waals surface area contributed by atoms with E-state index in [0.29, 0.717) is 4.75 Å². The quantitative estimate of drug-likeness (QED) is 0.851. The lowest BCUT2D eigenvalue weighted by Gasteiger charge is -2.27. The first-order chi connectivity index (χ1) is 8.78. The zero-order valence-electron chi connectivity index (χ0n) is 11.4. The Balaban J connectivity index is 1.80. The van der Waals surface area contributed by atoms with Crippen molar-refractivity contribution in [3.63, 3.8) is 0 Å². The Morgan fingerprint density at radius 2 is 1.89 bits per heavy atom. The van der Waals surface area contributed by atoms with Crippen LogP contribution in [0.3, 0.4) is 0 Å². The maximum Gasteiger partial charge on any atom is 0.118 e. The average Bonchev–Trinajstić information content (AvgIpc) is 2.89. The maximum atomic E-state index is 5.16. The second-order valence-electron chi connectivity index (χ2n) is 5.05. The molecule has 0 heterocycles. The minimum Gasteiger partial charge on any atom is -0.497 e. The van der Waals surface area contributed by atoms with E-state index in [2.05, 4.69) is 23.7 Å². The fraction of sp³-hybridized carbons (Fsp3) is 0.600. The van der Waals surface area contributed by atoms with Gasteiger partial charge in [0.15, 0.2) is 0 Å². The van der Waals surface area contributed by atoms with Crippen molar-refractivity contribution < 1.29 is 4.74 Å². The van der Waals surface area contributed by atoms with Crippen LogP contribution in [0, 0.1) is 0 Å². The first kappa shape index (κ1) is 13.8. The highest BCUT2D eigenvalue weighted by Crippen LogP contribution is 2.39. The largest absolute Gasteiger partial charge is 0.497 e. The zero-order valence-corrected chi connectivity index (χ0v) is 12.2. The van der Waals surface area contributed by atoms with Gasteiger partial charge in [-0.25, -0.2) is 0 Å². The molecule has 1 aliphatic rings. The minimum atomic E-state index is 0.493. The van der Waals surface area contributed by atoms with Gasteiger partial charge in [-0.3, -0.25) is 0 Å². The third-order valence-corrected chi connectivity index (χ3v) is 5.30. The van der Waals surface area contributed by atoms with Gasteiger partial charge in [-0.2, -0.15) is 11.8 Å². The van der Waals surface area contributed by atoms with E-state index in [1.54, 1.807) is 7.11 Å². The van der Waals surface area contributed by atoms with Gasteiger partial charge in [0.05, 0.1) is 7.11 Å². The second kappa shape index (κ2) is 6.48. The van der Waals surface area contributed by atoms with Gasteiger partial charge in [0.2, 0.25) is 0 Å². The maximum absolute atomic E-state index is 5.16. The van der Waals surface area contributed by atoms with E-state index in [9.17, 15) is 0 Å². The molecule has 2 rings (SSSR count). The SMILES string of the molecule is COc1ccc(CNCC2(SC)CCCC2)cc1. The molecule has 1 N–H and O–H groups in total. The summed E-state index contributed by atoms with van der Waals surface area (Å²) in [5.74, 6) is 0.926. The number of hydrogen-bond acceptors (Lipinski definition) is 3. The summed E-state index contributed by atoms with van der Waals surface area (Å²) in [6.07, 6.45) is 7.77. The highest BCUT2D eigenvalue weighted by atomic mass is 32.2. The summed E-state index contributed by atoms with van der Waals surface area (Å²) in [5, 5.41) is 3.61. The topological polar surface area (TPSA) is 21.3 Å². The van der Waals surface area contributed by atoms with Crippen LogP contribution in [0.1, 0.15) is 31.2 Å². The molecular weight excluding hydrogens is 242 g/mol. The third kappa shape index (κ3) is 3.42. The van der Waals surface area contributed by atoms with Gasteiger partial charge in [0, 0.05) is 17.8 Å². The van der Waals surface area contributed by atoms with E-state index in [0.717, 1.165) is 18.8 Å². The standard InChI is InChI=1S/C15H23NOS/c1-17-14-7-5-13(6-8-14)11-16-12-15(18-2)9-3-4-10-15/h5-8,16H,3-4,9-12H2,1-2H3. The van der Waals surface area contributed by atoms with Crippen LogP contribution >= 0.6 is 11.8 Å². The van der Waals surface area contributed by atoms with Crippen molar-refractivity contribution >= 4 is 11.8 Å². The third-order valence-electron chi connectivity index (χ3n) is 3.88. The normalized spacial score (nSPS) is 17.9. The van der Waals surface area contributed by atoms with Crippen molar-refractivity contribution in [1.29, 1.82) is 0 Å².